The fourth-order valence-electron chi connectivity index (χ4n) is 1.57. The third-order valence-corrected chi connectivity index (χ3v) is 2.52. The summed E-state index contributed by atoms with van der Waals surface area (Å²) in [5, 5.41) is 0. The largest absolute Gasteiger partial charge is 0.227 e. The van der Waals surface area contributed by atoms with Crippen LogP contribution in [0.25, 0.3) is 0 Å². The molecule has 1 saturated heterocycles. The van der Waals surface area contributed by atoms with Crippen LogP contribution in [0.1, 0.15) is 47.0 Å². The first-order valence-electron chi connectivity index (χ1n) is 4.88. The Morgan fingerprint density at radius 1 is 1.25 bits per heavy atom. The Morgan fingerprint density at radius 2 is 1.83 bits per heavy atom. The Bertz CT molecular complexity index is 133. The molecule has 1 heterocycles. The predicted octanol–water partition coefficient (Wildman–Crippen LogP) is 3.13. The van der Waals surface area contributed by atoms with Gasteiger partial charge >= 0.3 is 0 Å². The molecule has 0 aliphatic carbocycles. The van der Waals surface area contributed by atoms with Crippen molar-refractivity contribution in [2.24, 2.45) is 11.3 Å². The van der Waals surface area contributed by atoms with E-state index >= 15 is 0 Å². The molecule has 0 saturated carbocycles. The second-order valence-electron chi connectivity index (χ2n) is 4.68. The molecule has 72 valence electrons. The molecule has 0 aromatic rings. The van der Waals surface area contributed by atoms with Crippen LogP contribution < -0.4 is 0 Å². The van der Waals surface area contributed by atoms with Crippen LogP contribution in [0.5, 0.6) is 0 Å². The molecule has 0 N–H and O–H groups in total. The summed E-state index contributed by atoms with van der Waals surface area (Å²) in [6.07, 6.45) is 3.81. The van der Waals surface area contributed by atoms with Gasteiger partial charge < -0.3 is 0 Å². The molecule has 1 fully saturated rings. The summed E-state index contributed by atoms with van der Waals surface area (Å²) in [7, 11) is 0. The van der Waals surface area contributed by atoms with E-state index in [0.717, 1.165) is 0 Å². The Morgan fingerprint density at radius 3 is 2.17 bits per heavy atom. The van der Waals surface area contributed by atoms with Gasteiger partial charge in [0.15, 0.2) is 0 Å². The molecule has 0 amide bonds. The van der Waals surface area contributed by atoms with Crippen LogP contribution in [-0.4, -0.2) is 6.29 Å². The summed E-state index contributed by atoms with van der Waals surface area (Å²) >= 11 is 0. The standard InChI is InChI=1S/C10H20O2/c1-5-6-7-8(9-11-12-9)10(2,3)4/h8-9H,5-7H2,1-4H3. The van der Waals surface area contributed by atoms with E-state index in [-0.39, 0.29) is 6.29 Å². The SMILES string of the molecule is CCCCC(C1OO1)C(C)(C)C. The summed E-state index contributed by atoms with van der Waals surface area (Å²) in [6.45, 7) is 8.96. The van der Waals surface area contributed by atoms with Gasteiger partial charge in [-0.3, -0.25) is 0 Å². The molecule has 1 atom stereocenters. The maximum Gasteiger partial charge on any atom is 0.227 e. The highest BCUT2D eigenvalue weighted by atomic mass is 17.4. The molecular weight excluding hydrogens is 152 g/mol. The van der Waals surface area contributed by atoms with Crippen LogP contribution in [-0.2, 0) is 9.78 Å². The molecule has 1 aliphatic rings. The quantitative estimate of drug-likeness (QED) is 0.481. The van der Waals surface area contributed by atoms with Gasteiger partial charge in [0.25, 0.3) is 0 Å². The first-order valence-corrected chi connectivity index (χ1v) is 4.88. The maximum absolute atomic E-state index is 4.89. The van der Waals surface area contributed by atoms with Gasteiger partial charge in [-0.1, -0.05) is 40.5 Å². The minimum Gasteiger partial charge on any atom is -0.198 e. The van der Waals surface area contributed by atoms with E-state index in [0.29, 0.717) is 11.3 Å². The fraction of sp³-hybridized carbons (Fsp3) is 1.00. The molecule has 12 heavy (non-hydrogen) atoms. The van der Waals surface area contributed by atoms with Crippen molar-refractivity contribution in [1.82, 2.24) is 0 Å². The summed E-state index contributed by atoms with van der Waals surface area (Å²) in [4.78, 5) is 9.79. The molecule has 1 aliphatic heterocycles. The molecule has 0 aromatic carbocycles. The summed E-state index contributed by atoms with van der Waals surface area (Å²) in [6, 6.07) is 0. The average molecular weight is 172 g/mol. The van der Waals surface area contributed by atoms with Gasteiger partial charge in [-0.05, 0) is 11.8 Å². The topological polar surface area (TPSA) is 25.1 Å². The maximum atomic E-state index is 4.89. The predicted molar refractivity (Wildman–Crippen MR) is 48.4 cm³/mol. The van der Waals surface area contributed by atoms with E-state index < -0.39 is 0 Å². The lowest BCUT2D eigenvalue weighted by atomic mass is 9.78. The van der Waals surface area contributed by atoms with E-state index in [2.05, 4.69) is 27.7 Å². The lowest BCUT2D eigenvalue weighted by Gasteiger charge is -2.27. The van der Waals surface area contributed by atoms with Crippen LogP contribution in [0.15, 0.2) is 0 Å². The van der Waals surface area contributed by atoms with Crippen molar-refractivity contribution in [3.8, 4) is 0 Å². The Balaban J connectivity index is 2.38. The molecule has 0 radical (unpaired) electrons. The monoisotopic (exact) mass is 172 g/mol. The smallest absolute Gasteiger partial charge is 0.198 e. The van der Waals surface area contributed by atoms with Gasteiger partial charge in [-0.25, -0.2) is 0 Å². The zero-order valence-corrected chi connectivity index (χ0v) is 8.59. The zero-order valence-electron chi connectivity index (χ0n) is 8.59. The molecule has 2 nitrogen and oxygen atoms in total. The minimum absolute atomic E-state index is 0.0801. The highest BCUT2D eigenvalue weighted by Gasteiger charge is 2.42. The zero-order chi connectivity index (χ0) is 9.19. The van der Waals surface area contributed by atoms with E-state index in [1.807, 2.05) is 0 Å². The molecule has 0 spiro atoms. The first kappa shape index (κ1) is 10.0. The minimum atomic E-state index is 0.0801. The number of rotatable bonds is 4. The Kier molecular flexibility index (Phi) is 3.13. The van der Waals surface area contributed by atoms with Crippen LogP contribution >= 0.6 is 0 Å². The van der Waals surface area contributed by atoms with Crippen molar-refractivity contribution in [3.05, 3.63) is 0 Å². The third-order valence-electron chi connectivity index (χ3n) is 2.52. The number of hydrogen-bond acceptors (Lipinski definition) is 2. The highest BCUT2D eigenvalue weighted by molar-refractivity contribution is 4.78. The Labute approximate surface area is 75.2 Å². The summed E-state index contributed by atoms with van der Waals surface area (Å²) in [5.41, 5.74) is 0.302. The van der Waals surface area contributed by atoms with Crippen molar-refractivity contribution in [2.45, 2.75) is 53.2 Å². The van der Waals surface area contributed by atoms with Gasteiger partial charge in [0, 0.05) is 5.92 Å². The Hall–Kier alpha value is -0.0800. The lowest BCUT2D eigenvalue weighted by Crippen LogP contribution is -2.25. The summed E-state index contributed by atoms with van der Waals surface area (Å²) in [5.74, 6) is 0.553. The average Bonchev–Trinajstić information content (AvgIpc) is 2.69. The van der Waals surface area contributed by atoms with E-state index in [9.17, 15) is 0 Å². The van der Waals surface area contributed by atoms with Crippen molar-refractivity contribution < 1.29 is 9.78 Å². The van der Waals surface area contributed by atoms with Gasteiger partial charge in [0.1, 0.15) is 0 Å². The highest BCUT2D eigenvalue weighted by Crippen LogP contribution is 2.39. The van der Waals surface area contributed by atoms with Gasteiger partial charge in [0.2, 0.25) is 6.29 Å². The van der Waals surface area contributed by atoms with Crippen molar-refractivity contribution in [3.63, 3.8) is 0 Å². The van der Waals surface area contributed by atoms with Crippen molar-refractivity contribution >= 4 is 0 Å². The number of unbranched alkanes of at least 4 members (excludes halogenated alkanes) is 1. The molecule has 0 aromatic heterocycles. The first-order chi connectivity index (χ1) is 5.55. The van der Waals surface area contributed by atoms with Crippen LogP contribution in [0.2, 0.25) is 0 Å². The third kappa shape index (κ3) is 2.76. The fourth-order valence-corrected chi connectivity index (χ4v) is 1.57. The van der Waals surface area contributed by atoms with Crippen LogP contribution in [0.3, 0.4) is 0 Å². The second-order valence-corrected chi connectivity index (χ2v) is 4.68. The van der Waals surface area contributed by atoms with E-state index in [1.54, 1.807) is 0 Å². The molecule has 0 bridgehead atoms. The van der Waals surface area contributed by atoms with E-state index in [1.165, 1.54) is 19.3 Å². The summed E-state index contributed by atoms with van der Waals surface area (Å²) < 4.78 is 0. The van der Waals surface area contributed by atoms with Gasteiger partial charge in [0.05, 0.1) is 0 Å². The molecule has 1 unspecified atom stereocenters. The molecule has 2 heteroatoms. The molecule has 1 rings (SSSR count). The molecular formula is C10H20O2. The van der Waals surface area contributed by atoms with Crippen LogP contribution in [0, 0.1) is 11.3 Å². The second kappa shape index (κ2) is 3.75. The van der Waals surface area contributed by atoms with Crippen molar-refractivity contribution in [1.29, 1.82) is 0 Å². The lowest BCUT2D eigenvalue weighted by molar-refractivity contribution is 0.0850. The van der Waals surface area contributed by atoms with Crippen LogP contribution in [0.4, 0.5) is 0 Å². The van der Waals surface area contributed by atoms with Gasteiger partial charge in [-0.15, -0.1) is 0 Å². The normalized spacial score (nSPS) is 21.0. The van der Waals surface area contributed by atoms with Gasteiger partial charge in [-0.2, -0.15) is 9.78 Å². The number of hydrogen-bond donors (Lipinski definition) is 0. The van der Waals surface area contributed by atoms with E-state index in [4.69, 9.17) is 9.78 Å². The van der Waals surface area contributed by atoms with Crippen molar-refractivity contribution in [2.75, 3.05) is 0 Å².